The Kier molecular flexibility index (Phi) is 2.47. The molecule has 0 bridgehead atoms. The van der Waals surface area contributed by atoms with Crippen molar-refractivity contribution in [2.24, 2.45) is 11.1 Å². The zero-order valence-corrected chi connectivity index (χ0v) is 7.88. The Balaban J connectivity index is 2.63. The molecule has 1 fully saturated rings. The number of aliphatic hydroxyl groups excluding tert-OH is 2. The van der Waals surface area contributed by atoms with Crippen LogP contribution in [0.2, 0.25) is 0 Å². The molecule has 2 unspecified atom stereocenters. The largest absolute Gasteiger partial charge is 0.394 e. The van der Waals surface area contributed by atoms with Gasteiger partial charge in [0.2, 0.25) is 0 Å². The lowest BCUT2D eigenvalue weighted by Crippen LogP contribution is -2.53. The van der Waals surface area contributed by atoms with Gasteiger partial charge in [0, 0.05) is 5.54 Å². The van der Waals surface area contributed by atoms with Crippen LogP contribution in [-0.2, 0) is 0 Å². The maximum atomic E-state index is 9.71. The molecule has 0 saturated heterocycles. The van der Waals surface area contributed by atoms with Crippen LogP contribution in [0.5, 0.6) is 0 Å². The van der Waals surface area contributed by atoms with Crippen LogP contribution >= 0.6 is 0 Å². The molecule has 0 aromatic carbocycles. The third-order valence-corrected chi connectivity index (χ3v) is 3.08. The smallest absolute Gasteiger partial charge is 0.0612 e. The summed E-state index contributed by atoms with van der Waals surface area (Å²) in [6.07, 6.45) is 1.80. The average Bonchev–Trinajstić information content (AvgIpc) is 1.99. The van der Waals surface area contributed by atoms with Crippen molar-refractivity contribution in [3.8, 4) is 0 Å². The van der Waals surface area contributed by atoms with Crippen molar-refractivity contribution in [2.45, 2.75) is 44.8 Å². The van der Waals surface area contributed by atoms with Crippen molar-refractivity contribution in [2.75, 3.05) is 6.61 Å². The molecule has 2 atom stereocenters. The number of hydrogen-bond acceptors (Lipinski definition) is 3. The van der Waals surface area contributed by atoms with Crippen LogP contribution in [0.3, 0.4) is 0 Å². The van der Waals surface area contributed by atoms with Gasteiger partial charge in [-0.3, -0.25) is 0 Å². The van der Waals surface area contributed by atoms with Gasteiger partial charge in [-0.2, -0.15) is 0 Å². The molecule has 0 aliphatic heterocycles. The topological polar surface area (TPSA) is 66.5 Å². The van der Waals surface area contributed by atoms with Gasteiger partial charge in [0.05, 0.1) is 12.7 Å². The molecule has 4 N–H and O–H groups in total. The van der Waals surface area contributed by atoms with E-state index in [1.54, 1.807) is 0 Å². The van der Waals surface area contributed by atoms with Crippen LogP contribution in [0.25, 0.3) is 0 Å². The minimum Gasteiger partial charge on any atom is -0.394 e. The van der Waals surface area contributed by atoms with E-state index in [4.69, 9.17) is 10.8 Å². The summed E-state index contributed by atoms with van der Waals surface area (Å²) in [7, 11) is 0. The summed E-state index contributed by atoms with van der Waals surface area (Å²) in [5.41, 5.74) is 5.27. The predicted octanol–water partition coefficient (Wildman–Crippen LogP) is 0.247. The molecule has 3 heteroatoms. The first-order valence-electron chi connectivity index (χ1n) is 4.47. The SMILES string of the molecule is CC1(C)CCC(N)(CO)CC1O. The third kappa shape index (κ3) is 1.79. The molecule has 0 spiro atoms. The first kappa shape index (κ1) is 9.96. The minimum absolute atomic E-state index is 0.0276. The van der Waals surface area contributed by atoms with E-state index in [9.17, 15) is 5.11 Å². The summed E-state index contributed by atoms with van der Waals surface area (Å²) in [6.45, 7) is 4.05. The zero-order valence-electron chi connectivity index (χ0n) is 7.88. The molecule has 1 saturated carbocycles. The van der Waals surface area contributed by atoms with E-state index in [2.05, 4.69) is 0 Å². The highest BCUT2D eigenvalue weighted by Gasteiger charge is 2.41. The second-order valence-electron chi connectivity index (χ2n) is 4.73. The van der Waals surface area contributed by atoms with Crippen molar-refractivity contribution < 1.29 is 10.2 Å². The molecule has 72 valence electrons. The first-order chi connectivity index (χ1) is 5.40. The van der Waals surface area contributed by atoms with Gasteiger partial charge in [0.15, 0.2) is 0 Å². The van der Waals surface area contributed by atoms with Gasteiger partial charge in [-0.1, -0.05) is 13.8 Å². The number of hydrogen-bond donors (Lipinski definition) is 3. The molecular weight excluding hydrogens is 154 g/mol. The maximum Gasteiger partial charge on any atom is 0.0612 e. The van der Waals surface area contributed by atoms with Crippen molar-refractivity contribution in [3.05, 3.63) is 0 Å². The lowest BCUT2D eigenvalue weighted by Gasteiger charge is -2.43. The van der Waals surface area contributed by atoms with Gasteiger partial charge >= 0.3 is 0 Å². The Morgan fingerprint density at radius 3 is 2.42 bits per heavy atom. The van der Waals surface area contributed by atoms with Crippen molar-refractivity contribution in [1.82, 2.24) is 0 Å². The lowest BCUT2D eigenvalue weighted by molar-refractivity contribution is -0.0295. The first-order valence-corrected chi connectivity index (χ1v) is 4.47. The van der Waals surface area contributed by atoms with Crippen molar-refractivity contribution >= 4 is 0 Å². The highest BCUT2D eigenvalue weighted by molar-refractivity contribution is 4.97. The Morgan fingerprint density at radius 2 is 2.00 bits per heavy atom. The monoisotopic (exact) mass is 173 g/mol. The van der Waals surface area contributed by atoms with Gasteiger partial charge in [-0.15, -0.1) is 0 Å². The van der Waals surface area contributed by atoms with Crippen molar-refractivity contribution in [1.29, 1.82) is 0 Å². The Morgan fingerprint density at radius 1 is 1.42 bits per heavy atom. The number of rotatable bonds is 1. The average molecular weight is 173 g/mol. The molecule has 0 amide bonds. The zero-order chi connectivity index (χ0) is 9.41. The van der Waals surface area contributed by atoms with E-state index in [1.165, 1.54) is 0 Å². The second kappa shape index (κ2) is 2.98. The third-order valence-electron chi connectivity index (χ3n) is 3.08. The van der Waals surface area contributed by atoms with Gasteiger partial charge < -0.3 is 15.9 Å². The number of nitrogens with two attached hydrogens (primary N) is 1. The van der Waals surface area contributed by atoms with Crippen LogP contribution in [0.1, 0.15) is 33.1 Å². The highest BCUT2D eigenvalue weighted by atomic mass is 16.3. The van der Waals surface area contributed by atoms with E-state index in [0.29, 0.717) is 6.42 Å². The summed E-state index contributed by atoms with van der Waals surface area (Å²) in [5.74, 6) is 0. The molecule has 1 aliphatic carbocycles. The standard InChI is InChI=1S/C9H19NO2/c1-8(2)3-4-9(10,6-11)5-7(8)12/h7,11-12H,3-6,10H2,1-2H3. The van der Waals surface area contributed by atoms with Crippen LogP contribution in [-0.4, -0.2) is 28.5 Å². The van der Waals surface area contributed by atoms with Gasteiger partial charge in [-0.25, -0.2) is 0 Å². The fourth-order valence-electron chi connectivity index (χ4n) is 1.64. The van der Waals surface area contributed by atoms with Gasteiger partial charge in [0.25, 0.3) is 0 Å². The molecular formula is C9H19NO2. The summed E-state index contributed by atoms with van der Waals surface area (Å²) in [5, 5.41) is 18.7. The molecule has 0 aromatic heterocycles. The van der Waals surface area contributed by atoms with Gasteiger partial charge in [0.1, 0.15) is 0 Å². The van der Waals surface area contributed by atoms with E-state index in [-0.39, 0.29) is 18.1 Å². The Hall–Kier alpha value is -0.120. The molecule has 0 radical (unpaired) electrons. The van der Waals surface area contributed by atoms with Crippen LogP contribution in [0.15, 0.2) is 0 Å². The highest BCUT2D eigenvalue weighted by Crippen LogP contribution is 2.38. The van der Waals surface area contributed by atoms with Crippen LogP contribution < -0.4 is 5.73 Å². The minimum atomic E-state index is -0.547. The summed E-state index contributed by atoms with van der Waals surface area (Å²) >= 11 is 0. The predicted molar refractivity (Wildman–Crippen MR) is 47.6 cm³/mol. The molecule has 0 heterocycles. The fraction of sp³-hybridized carbons (Fsp3) is 1.00. The van der Waals surface area contributed by atoms with E-state index in [0.717, 1.165) is 12.8 Å². The summed E-state index contributed by atoms with van der Waals surface area (Å²) in [4.78, 5) is 0. The van der Waals surface area contributed by atoms with Crippen LogP contribution in [0.4, 0.5) is 0 Å². The fourth-order valence-corrected chi connectivity index (χ4v) is 1.64. The Labute approximate surface area is 73.6 Å². The summed E-state index contributed by atoms with van der Waals surface area (Å²) in [6, 6.07) is 0. The van der Waals surface area contributed by atoms with Crippen molar-refractivity contribution in [3.63, 3.8) is 0 Å². The molecule has 1 aliphatic rings. The lowest BCUT2D eigenvalue weighted by atomic mass is 9.68. The maximum absolute atomic E-state index is 9.71. The molecule has 1 rings (SSSR count). The molecule has 12 heavy (non-hydrogen) atoms. The van der Waals surface area contributed by atoms with E-state index < -0.39 is 5.54 Å². The quantitative estimate of drug-likeness (QED) is 0.532. The number of aliphatic hydroxyl groups is 2. The second-order valence-corrected chi connectivity index (χ2v) is 4.73. The van der Waals surface area contributed by atoms with Crippen LogP contribution in [0, 0.1) is 5.41 Å². The Bertz CT molecular complexity index is 170. The molecule has 0 aromatic rings. The normalized spacial score (nSPS) is 41.2. The molecule has 3 nitrogen and oxygen atoms in total. The van der Waals surface area contributed by atoms with E-state index in [1.807, 2.05) is 13.8 Å². The van der Waals surface area contributed by atoms with Gasteiger partial charge in [-0.05, 0) is 24.7 Å². The van der Waals surface area contributed by atoms with E-state index >= 15 is 0 Å². The summed E-state index contributed by atoms with van der Waals surface area (Å²) < 4.78 is 0.